The molecule has 2 rings (SSSR count). The number of hydrogen-bond acceptors (Lipinski definition) is 2. The first-order chi connectivity index (χ1) is 8.94. The summed E-state index contributed by atoms with van der Waals surface area (Å²) in [6.07, 6.45) is 3.88. The zero-order valence-electron chi connectivity index (χ0n) is 10.7. The summed E-state index contributed by atoms with van der Waals surface area (Å²) in [5, 5.41) is 9.46. The average molecular weight is 322 g/mol. The molecule has 0 bridgehead atoms. The highest BCUT2D eigenvalue weighted by molar-refractivity contribution is 9.10. The van der Waals surface area contributed by atoms with Crippen LogP contribution in [0.3, 0.4) is 0 Å². The van der Waals surface area contributed by atoms with Gasteiger partial charge in [-0.15, -0.1) is 0 Å². The number of hydrogen-bond donors (Lipinski definition) is 0. The summed E-state index contributed by atoms with van der Waals surface area (Å²) >= 11 is 3.31. The minimum absolute atomic E-state index is 0.372. The van der Waals surface area contributed by atoms with Crippen molar-refractivity contribution in [2.24, 2.45) is 7.05 Å². The second kappa shape index (κ2) is 5.14. The molecule has 5 heteroatoms. The molecule has 1 aromatic heterocycles. The van der Waals surface area contributed by atoms with Crippen LogP contribution in [0.5, 0.6) is 0 Å². The molecule has 0 spiro atoms. The summed E-state index contributed by atoms with van der Waals surface area (Å²) < 4.78 is 16.5. The summed E-state index contributed by atoms with van der Waals surface area (Å²) in [7, 11) is 1.86. The molecule has 98 valence electrons. The highest BCUT2D eigenvalue weighted by Gasteiger charge is 2.31. The molecule has 0 saturated carbocycles. The van der Waals surface area contributed by atoms with E-state index in [1.54, 1.807) is 25.4 Å². The molecule has 0 radical (unpaired) electrons. The SMILES string of the molecule is Cn1cnc(CC(C)(C#N)c2cc(Br)ccc2F)c1. The summed E-state index contributed by atoms with van der Waals surface area (Å²) in [6, 6.07) is 6.86. The van der Waals surface area contributed by atoms with Crippen molar-refractivity contribution < 1.29 is 4.39 Å². The van der Waals surface area contributed by atoms with Gasteiger partial charge in [0.2, 0.25) is 0 Å². The average Bonchev–Trinajstić information content (AvgIpc) is 2.77. The molecule has 0 aliphatic heterocycles. The topological polar surface area (TPSA) is 41.6 Å². The van der Waals surface area contributed by atoms with E-state index >= 15 is 0 Å². The van der Waals surface area contributed by atoms with Gasteiger partial charge >= 0.3 is 0 Å². The zero-order valence-corrected chi connectivity index (χ0v) is 12.3. The van der Waals surface area contributed by atoms with Gasteiger partial charge < -0.3 is 4.57 Å². The Bertz CT molecular complexity index is 644. The van der Waals surface area contributed by atoms with Gasteiger partial charge in [0.05, 0.1) is 23.5 Å². The molecule has 0 amide bonds. The van der Waals surface area contributed by atoms with Gasteiger partial charge in [-0.1, -0.05) is 15.9 Å². The number of benzene rings is 1. The van der Waals surface area contributed by atoms with Gasteiger partial charge in [-0.05, 0) is 25.1 Å². The van der Waals surface area contributed by atoms with Crippen molar-refractivity contribution in [3.8, 4) is 6.07 Å². The second-order valence-electron chi connectivity index (χ2n) is 4.78. The number of imidazole rings is 1. The van der Waals surface area contributed by atoms with Crippen molar-refractivity contribution in [2.75, 3.05) is 0 Å². The van der Waals surface area contributed by atoms with E-state index in [0.717, 1.165) is 10.2 Å². The van der Waals surface area contributed by atoms with Gasteiger partial charge in [0.1, 0.15) is 5.82 Å². The fraction of sp³-hybridized carbons (Fsp3) is 0.286. The Hall–Kier alpha value is -1.67. The maximum absolute atomic E-state index is 14.0. The zero-order chi connectivity index (χ0) is 14.0. The molecule has 1 atom stereocenters. The fourth-order valence-electron chi connectivity index (χ4n) is 2.04. The van der Waals surface area contributed by atoms with Crippen molar-refractivity contribution in [3.05, 3.63) is 52.3 Å². The van der Waals surface area contributed by atoms with Gasteiger partial charge in [0.15, 0.2) is 0 Å². The lowest BCUT2D eigenvalue weighted by atomic mass is 9.80. The van der Waals surface area contributed by atoms with Crippen LogP contribution in [0.25, 0.3) is 0 Å². The van der Waals surface area contributed by atoms with Crippen LogP contribution in [0.15, 0.2) is 35.2 Å². The molecule has 1 heterocycles. The molecule has 0 fully saturated rings. The van der Waals surface area contributed by atoms with Gasteiger partial charge in [-0.2, -0.15) is 5.26 Å². The molecule has 0 saturated heterocycles. The Morgan fingerprint density at radius 3 is 2.84 bits per heavy atom. The van der Waals surface area contributed by atoms with Crippen molar-refractivity contribution in [3.63, 3.8) is 0 Å². The Labute approximate surface area is 119 Å². The number of nitriles is 1. The monoisotopic (exact) mass is 321 g/mol. The van der Waals surface area contributed by atoms with Crippen LogP contribution in [-0.4, -0.2) is 9.55 Å². The van der Waals surface area contributed by atoms with Crippen LogP contribution in [0.4, 0.5) is 4.39 Å². The molecule has 0 aliphatic carbocycles. The Morgan fingerprint density at radius 1 is 1.53 bits per heavy atom. The number of aromatic nitrogens is 2. The van der Waals surface area contributed by atoms with E-state index in [-0.39, 0.29) is 5.82 Å². The largest absolute Gasteiger partial charge is 0.340 e. The first kappa shape index (κ1) is 13.8. The minimum atomic E-state index is -0.942. The second-order valence-corrected chi connectivity index (χ2v) is 5.69. The molecular weight excluding hydrogens is 309 g/mol. The third-order valence-corrected chi connectivity index (χ3v) is 3.56. The van der Waals surface area contributed by atoms with E-state index in [9.17, 15) is 9.65 Å². The van der Waals surface area contributed by atoms with Crippen LogP contribution in [0, 0.1) is 17.1 Å². The highest BCUT2D eigenvalue weighted by atomic mass is 79.9. The minimum Gasteiger partial charge on any atom is -0.340 e. The predicted molar refractivity (Wildman–Crippen MR) is 74.0 cm³/mol. The van der Waals surface area contributed by atoms with E-state index in [1.807, 2.05) is 17.8 Å². The van der Waals surface area contributed by atoms with Crippen molar-refractivity contribution in [1.82, 2.24) is 9.55 Å². The van der Waals surface area contributed by atoms with Gasteiger partial charge in [-0.25, -0.2) is 9.37 Å². The van der Waals surface area contributed by atoms with Crippen molar-refractivity contribution >= 4 is 15.9 Å². The van der Waals surface area contributed by atoms with Crippen LogP contribution in [-0.2, 0) is 18.9 Å². The lowest BCUT2D eigenvalue weighted by Gasteiger charge is -2.22. The van der Waals surface area contributed by atoms with Crippen LogP contribution in [0.2, 0.25) is 0 Å². The van der Waals surface area contributed by atoms with E-state index in [0.29, 0.717) is 12.0 Å². The maximum atomic E-state index is 14.0. The van der Waals surface area contributed by atoms with E-state index < -0.39 is 5.41 Å². The molecule has 1 aromatic carbocycles. The Morgan fingerprint density at radius 2 is 2.26 bits per heavy atom. The van der Waals surface area contributed by atoms with E-state index in [2.05, 4.69) is 27.0 Å². The Balaban J connectivity index is 2.42. The molecule has 2 aromatic rings. The third-order valence-electron chi connectivity index (χ3n) is 3.06. The molecular formula is C14H13BrFN3. The quantitative estimate of drug-likeness (QED) is 0.870. The van der Waals surface area contributed by atoms with Crippen molar-refractivity contribution in [1.29, 1.82) is 5.26 Å². The van der Waals surface area contributed by atoms with Crippen LogP contribution in [0.1, 0.15) is 18.2 Å². The molecule has 0 N–H and O–H groups in total. The smallest absolute Gasteiger partial charge is 0.128 e. The predicted octanol–water partition coefficient (Wildman–Crippen LogP) is 3.35. The fourth-order valence-corrected chi connectivity index (χ4v) is 2.40. The first-order valence-electron chi connectivity index (χ1n) is 5.78. The number of rotatable bonds is 3. The molecule has 1 unspecified atom stereocenters. The molecule has 0 aliphatic rings. The third kappa shape index (κ3) is 2.85. The molecule has 3 nitrogen and oxygen atoms in total. The number of aryl methyl sites for hydroxylation is 1. The number of halogens is 2. The maximum Gasteiger partial charge on any atom is 0.128 e. The first-order valence-corrected chi connectivity index (χ1v) is 6.57. The van der Waals surface area contributed by atoms with Crippen LogP contribution < -0.4 is 0 Å². The standard InChI is InChI=1S/C14H13BrFN3/c1-14(8-17,6-11-7-19(2)9-18-11)12-5-10(15)3-4-13(12)16/h3-5,7,9H,6H2,1-2H3. The van der Waals surface area contributed by atoms with Gasteiger partial charge in [0, 0.05) is 29.7 Å². The number of nitrogens with zero attached hydrogens (tertiary/aromatic N) is 3. The lowest BCUT2D eigenvalue weighted by Crippen LogP contribution is -2.24. The summed E-state index contributed by atoms with van der Waals surface area (Å²) in [5.74, 6) is -0.372. The summed E-state index contributed by atoms with van der Waals surface area (Å²) in [6.45, 7) is 1.73. The highest BCUT2D eigenvalue weighted by Crippen LogP contribution is 2.31. The van der Waals surface area contributed by atoms with Crippen LogP contribution >= 0.6 is 15.9 Å². The van der Waals surface area contributed by atoms with E-state index in [1.165, 1.54) is 6.07 Å². The Kier molecular flexibility index (Phi) is 3.72. The van der Waals surface area contributed by atoms with Gasteiger partial charge in [-0.3, -0.25) is 0 Å². The van der Waals surface area contributed by atoms with E-state index in [4.69, 9.17) is 0 Å². The van der Waals surface area contributed by atoms with Gasteiger partial charge in [0.25, 0.3) is 0 Å². The summed E-state index contributed by atoms with van der Waals surface area (Å²) in [5.41, 5.74) is 0.211. The van der Waals surface area contributed by atoms with Crippen molar-refractivity contribution in [2.45, 2.75) is 18.8 Å². The normalized spacial score (nSPS) is 13.8. The lowest BCUT2D eigenvalue weighted by molar-refractivity contribution is 0.530. The summed E-state index contributed by atoms with van der Waals surface area (Å²) in [4.78, 5) is 4.20. The molecule has 19 heavy (non-hydrogen) atoms.